The Balaban J connectivity index is 4.45. The maximum absolute atomic E-state index is 12.2. The third kappa shape index (κ3) is 13.7. The third-order valence-corrected chi connectivity index (χ3v) is 3.64. The van der Waals surface area contributed by atoms with Crippen LogP contribution in [0, 0.1) is 0 Å². The van der Waals surface area contributed by atoms with Crippen LogP contribution in [-0.2, 0) is 28.8 Å². The van der Waals surface area contributed by atoms with Gasteiger partial charge < -0.3 is 37.1 Å². The summed E-state index contributed by atoms with van der Waals surface area (Å²) in [5.41, 5.74) is 5.35. The fourth-order valence-corrected chi connectivity index (χ4v) is 2.10. The number of hydrogen-bond donors (Lipinski definition) is 6. The molecule has 0 radical (unpaired) electrons. The van der Waals surface area contributed by atoms with Crippen LogP contribution in [0.4, 0.5) is 0 Å². The van der Waals surface area contributed by atoms with E-state index >= 15 is 0 Å². The van der Waals surface area contributed by atoms with E-state index in [1.807, 2.05) is 0 Å². The van der Waals surface area contributed by atoms with Gasteiger partial charge >= 0.3 is 0 Å². The molecule has 29 heavy (non-hydrogen) atoms. The lowest BCUT2D eigenvalue weighted by molar-refractivity contribution is -0.130. The minimum Gasteiger partial charge on any atom is -0.359 e. The average molecular weight is 414 g/mol. The van der Waals surface area contributed by atoms with E-state index in [4.69, 9.17) is 5.73 Å². The lowest BCUT2D eigenvalue weighted by atomic mass is 10.1. The first kappa shape index (κ1) is 26.0. The zero-order chi connectivity index (χ0) is 22.1. The van der Waals surface area contributed by atoms with Crippen molar-refractivity contribution in [1.82, 2.24) is 26.6 Å². The van der Waals surface area contributed by atoms with Gasteiger partial charge in [0.25, 0.3) is 0 Å². The summed E-state index contributed by atoms with van der Waals surface area (Å²) in [6.07, 6.45) is 2.88. The molecule has 0 fully saturated rings. The Morgan fingerprint density at radius 3 is 2.21 bits per heavy atom. The molecule has 0 heterocycles. The molecular formula is C17H30N6O6. The van der Waals surface area contributed by atoms with Gasteiger partial charge in [0, 0.05) is 19.5 Å². The van der Waals surface area contributed by atoms with Crippen LogP contribution >= 0.6 is 0 Å². The predicted molar refractivity (Wildman–Crippen MR) is 103 cm³/mol. The fourth-order valence-electron chi connectivity index (χ4n) is 2.10. The zero-order valence-electron chi connectivity index (χ0n) is 16.5. The van der Waals surface area contributed by atoms with Crippen LogP contribution in [0.25, 0.3) is 0 Å². The molecule has 0 saturated carbocycles. The molecule has 0 saturated heterocycles. The second kappa shape index (κ2) is 16.0. The summed E-state index contributed by atoms with van der Waals surface area (Å²) >= 11 is 0. The van der Waals surface area contributed by atoms with Crippen molar-refractivity contribution >= 4 is 36.3 Å². The number of nitrogens with two attached hydrogens (primary N) is 1. The van der Waals surface area contributed by atoms with Gasteiger partial charge in [-0.25, -0.2) is 0 Å². The molecular weight excluding hydrogens is 384 g/mol. The van der Waals surface area contributed by atoms with Gasteiger partial charge in [0.05, 0.1) is 19.1 Å². The van der Waals surface area contributed by atoms with E-state index in [0.29, 0.717) is 38.5 Å². The Kier molecular flexibility index (Phi) is 14.3. The molecule has 0 bridgehead atoms. The normalized spacial score (nSPS) is 12.1. The molecule has 0 aromatic carbocycles. The Morgan fingerprint density at radius 2 is 1.59 bits per heavy atom. The largest absolute Gasteiger partial charge is 0.359 e. The van der Waals surface area contributed by atoms with Gasteiger partial charge in [-0.05, 0) is 26.2 Å². The lowest BCUT2D eigenvalue weighted by Gasteiger charge is -2.18. The van der Waals surface area contributed by atoms with Crippen LogP contribution in [0.3, 0.4) is 0 Å². The highest BCUT2D eigenvalue weighted by Crippen LogP contribution is 2.01. The fraction of sp³-hybridized carbons (Fsp3) is 0.647. The van der Waals surface area contributed by atoms with Gasteiger partial charge in [-0.3, -0.25) is 24.0 Å². The predicted octanol–water partition coefficient (Wildman–Crippen LogP) is -3.33. The second-order valence-corrected chi connectivity index (χ2v) is 6.22. The van der Waals surface area contributed by atoms with E-state index in [9.17, 15) is 28.8 Å². The molecule has 0 aliphatic carbocycles. The quantitative estimate of drug-likeness (QED) is 0.112. The number of aldehydes is 1. The molecule has 0 aromatic rings. The molecule has 5 amide bonds. The monoisotopic (exact) mass is 414 g/mol. The number of carbonyl (C=O) groups is 6. The SMILES string of the molecule is CC(N)C(=O)NCC(=O)NCC(=O)NC(CCCCNC=O)C(=O)NCCC=O. The topological polar surface area (TPSA) is 189 Å². The molecule has 2 unspecified atom stereocenters. The molecule has 12 heteroatoms. The molecule has 2 atom stereocenters. The van der Waals surface area contributed by atoms with E-state index in [1.165, 1.54) is 6.92 Å². The van der Waals surface area contributed by atoms with Crippen LogP contribution in [0.1, 0.15) is 32.6 Å². The van der Waals surface area contributed by atoms with Crippen molar-refractivity contribution in [2.24, 2.45) is 5.73 Å². The summed E-state index contributed by atoms with van der Waals surface area (Å²) in [6.45, 7) is 1.36. The second-order valence-electron chi connectivity index (χ2n) is 6.22. The van der Waals surface area contributed by atoms with E-state index in [2.05, 4.69) is 26.6 Å². The molecule has 0 aromatic heterocycles. The summed E-state index contributed by atoms with van der Waals surface area (Å²) < 4.78 is 0. The highest BCUT2D eigenvalue weighted by Gasteiger charge is 2.20. The van der Waals surface area contributed by atoms with Crippen molar-refractivity contribution in [1.29, 1.82) is 0 Å². The van der Waals surface area contributed by atoms with Gasteiger partial charge in [0.15, 0.2) is 0 Å². The standard InChI is InChI=1S/C17H30N6O6/c1-12(18)16(28)22-9-14(26)21-10-15(27)23-13(5-2-3-6-19-11-25)17(29)20-7-4-8-24/h8,11-13H,2-7,9-10,18H2,1H3,(H,19,25)(H,20,29)(H,21,26)(H,22,28)(H,23,27). The molecule has 12 nitrogen and oxygen atoms in total. The van der Waals surface area contributed by atoms with E-state index in [0.717, 1.165) is 0 Å². The van der Waals surface area contributed by atoms with E-state index in [-0.39, 0.29) is 26.1 Å². The van der Waals surface area contributed by atoms with Crippen molar-refractivity contribution < 1.29 is 28.8 Å². The molecule has 0 aliphatic heterocycles. The molecule has 0 aliphatic rings. The van der Waals surface area contributed by atoms with Crippen molar-refractivity contribution in [3.8, 4) is 0 Å². The van der Waals surface area contributed by atoms with Crippen molar-refractivity contribution in [2.75, 3.05) is 26.2 Å². The first-order valence-electron chi connectivity index (χ1n) is 9.29. The lowest BCUT2D eigenvalue weighted by Crippen LogP contribution is -2.50. The minimum atomic E-state index is -0.847. The van der Waals surface area contributed by atoms with Crippen molar-refractivity contribution in [3.63, 3.8) is 0 Å². The maximum Gasteiger partial charge on any atom is 0.242 e. The summed E-state index contributed by atoms with van der Waals surface area (Å²) in [4.78, 5) is 67.8. The van der Waals surface area contributed by atoms with E-state index in [1.54, 1.807) is 0 Å². The first-order chi connectivity index (χ1) is 13.8. The number of nitrogens with one attached hydrogen (secondary N) is 5. The van der Waals surface area contributed by atoms with Gasteiger partial charge in [-0.1, -0.05) is 0 Å². The van der Waals surface area contributed by atoms with Crippen LogP contribution < -0.4 is 32.3 Å². The molecule has 0 rings (SSSR count). The van der Waals surface area contributed by atoms with Gasteiger partial charge in [-0.15, -0.1) is 0 Å². The summed E-state index contributed by atoms with van der Waals surface area (Å²) in [5, 5.41) is 12.2. The molecule has 7 N–H and O–H groups in total. The number of unbranched alkanes of at least 4 members (excludes halogenated alkanes) is 1. The number of amides is 5. The minimum absolute atomic E-state index is 0.150. The van der Waals surface area contributed by atoms with Gasteiger partial charge in [0.2, 0.25) is 30.0 Å². The van der Waals surface area contributed by atoms with Gasteiger partial charge in [-0.2, -0.15) is 0 Å². The highest BCUT2D eigenvalue weighted by molar-refractivity contribution is 5.91. The summed E-state index contributed by atoms with van der Waals surface area (Å²) in [7, 11) is 0. The van der Waals surface area contributed by atoms with Crippen molar-refractivity contribution in [2.45, 2.75) is 44.7 Å². The van der Waals surface area contributed by atoms with Crippen LogP contribution in [0.15, 0.2) is 0 Å². The average Bonchev–Trinajstić information content (AvgIpc) is 2.69. The smallest absolute Gasteiger partial charge is 0.242 e. The Bertz CT molecular complexity index is 569. The van der Waals surface area contributed by atoms with E-state index < -0.39 is 35.7 Å². The molecule has 0 spiro atoms. The number of carbonyl (C=O) groups excluding carboxylic acids is 6. The van der Waals surface area contributed by atoms with Crippen LogP contribution in [0.5, 0.6) is 0 Å². The summed E-state index contributed by atoms with van der Waals surface area (Å²) in [5.74, 6) is -2.11. The van der Waals surface area contributed by atoms with Crippen LogP contribution in [-0.4, -0.2) is 74.6 Å². The number of hydrogen-bond acceptors (Lipinski definition) is 7. The third-order valence-electron chi connectivity index (χ3n) is 3.64. The first-order valence-corrected chi connectivity index (χ1v) is 9.29. The maximum atomic E-state index is 12.2. The Morgan fingerprint density at radius 1 is 0.897 bits per heavy atom. The van der Waals surface area contributed by atoms with Crippen LogP contribution in [0.2, 0.25) is 0 Å². The Hall–Kier alpha value is -3.02. The van der Waals surface area contributed by atoms with Crippen molar-refractivity contribution in [3.05, 3.63) is 0 Å². The molecule has 164 valence electrons. The van der Waals surface area contributed by atoms with Gasteiger partial charge in [0.1, 0.15) is 12.3 Å². The summed E-state index contributed by atoms with van der Waals surface area (Å²) in [6, 6.07) is -1.61. The highest BCUT2D eigenvalue weighted by atomic mass is 16.2. The zero-order valence-corrected chi connectivity index (χ0v) is 16.5. The Labute approximate surface area is 169 Å². The number of rotatable bonds is 16.